The number of aryl methyl sites for hydroxylation is 1. The Hall–Kier alpha value is -2.47. The molecule has 0 aliphatic rings. The normalized spacial score (nSPS) is 12.0. The van der Waals surface area contributed by atoms with Crippen LogP contribution in [-0.4, -0.2) is 26.7 Å². The summed E-state index contributed by atoms with van der Waals surface area (Å²) in [5.41, 5.74) is 1.09. The molecule has 0 bridgehead atoms. The maximum atomic E-state index is 12.4. The highest BCUT2D eigenvalue weighted by molar-refractivity contribution is 7.90. The number of carbonyl (C=O) groups is 1. The van der Waals surface area contributed by atoms with Crippen LogP contribution in [0.25, 0.3) is 0 Å². The van der Waals surface area contributed by atoms with Gasteiger partial charge >= 0.3 is 5.97 Å². The van der Waals surface area contributed by atoms with Crippen LogP contribution in [0, 0.1) is 6.92 Å². The van der Waals surface area contributed by atoms with Crippen molar-refractivity contribution in [1.82, 2.24) is 0 Å². The van der Waals surface area contributed by atoms with Crippen LogP contribution in [0.1, 0.15) is 18.1 Å². The molecule has 0 radical (unpaired) electrons. The number of benzene rings is 2. The Morgan fingerprint density at radius 1 is 1.04 bits per heavy atom. The molecule has 120 valence electrons. The molecule has 0 amide bonds. The topological polar surface area (TPSA) is 72.8 Å². The van der Waals surface area contributed by atoms with Crippen LogP contribution in [0.4, 0.5) is 0 Å². The Kier molecular flexibility index (Phi) is 5.28. The molecule has 0 aliphatic heterocycles. The Bertz CT molecular complexity index is 809. The zero-order valence-corrected chi connectivity index (χ0v) is 13.7. The molecular weight excluding hydrogens is 314 g/mol. The molecule has 0 aromatic heterocycles. The van der Waals surface area contributed by atoms with Crippen molar-refractivity contribution in [3.63, 3.8) is 0 Å². The number of hydrogen-bond donors (Lipinski definition) is 0. The van der Waals surface area contributed by atoms with E-state index in [0.29, 0.717) is 5.56 Å². The number of nitrogens with zero attached hydrogens (tertiary/aromatic N) is 1. The van der Waals surface area contributed by atoms with Gasteiger partial charge in [0, 0.05) is 5.56 Å². The van der Waals surface area contributed by atoms with Crippen molar-refractivity contribution in [3.8, 4) is 0 Å². The predicted molar refractivity (Wildman–Crippen MR) is 88.0 cm³/mol. The first-order valence-corrected chi connectivity index (χ1v) is 8.52. The van der Waals surface area contributed by atoms with Gasteiger partial charge in [-0.2, -0.15) is 12.8 Å². The third-order valence-corrected chi connectivity index (χ3v) is 4.34. The summed E-state index contributed by atoms with van der Waals surface area (Å²) in [6.45, 7) is 3.64. The third-order valence-electron chi connectivity index (χ3n) is 3.05. The van der Waals surface area contributed by atoms with Gasteiger partial charge in [-0.15, -0.1) is 0 Å². The molecular formula is C17H17NO4S. The molecule has 2 rings (SSSR count). The van der Waals surface area contributed by atoms with Crippen LogP contribution in [0.5, 0.6) is 0 Å². The molecule has 6 heteroatoms. The van der Waals surface area contributed by atoms with E-state index in [2.05, 4.69) is 4.40 Å². The lowest BCUT2D eigenvalue weighted by Gasteiger charge is -2.07. The van der Waals surface area contributed by atoms with E-state index in [4.69, 9.17) is 4.74 Å². The van der Waals surface area contributed by atoms with Gasteiger partial charge in [0.15, 0.2) is 5.71 Å². The quantitative estimate of drug-likeness (QED) is 0.624. The first kappa shape index (κ1) is 16.9. The van der Waals surface area contributed by atoms with Gasteiger partial charge < -0.3 is 4.74 Å². The fourth-order valence-corrected chi connectivity index (χ4v) is 2.89. The summed E-state index contributed by atoms with van der Waals surface area (Å²) < 4.78 is 33.5. The smallest absolute Gasteiger partial charge is 0.358 e. The number of esters is 1. The number of rotatable bonds is 5. The number of hydrogen-bond acceptors (Lipinski definition) is 4. The van der Waals surface area contributed by atoms with E-state index in [0.717, 1.165) is 5.56 Å². The van der Waals surface area contributed by atoms with Gasteiger partial charge in [0.1, 0.15) is 0 Å². The van der Waals surface area contributed by atoms with Crippen molar-refractivity contribution in [2.24, 2.45) is 4.40 Å². The Labute approximate surface area is 135 Å². The highest BCUT2D eigenvalue weighted by Gasteiger charge is 2.21. The van der Waals surface area contributed by atoms with Crippen molar-refractivity contribution in [1.29, 1.82) is 0 Å². The molecule has 0 heterocycles. The van der Waals surface area contributed by atoms with Gasteiger partial charge in [0.25, 0.3) is 10.0 Å². The molecule has 0 unspecified atom stereocenters. The maximum absolute atomic E-state index is 12.4. The molecule has 0 fully saturated rings. The lowest BCUT2D eigenvalue weighted by molar-refractivity contribution is -0.134. The second-order valence-corrected chi connectivity index (χ2v) is 6.42. The van der Waals surface area contributed by atoms with Crippen LogP contribution in [0.2, 0.25) is 0 Å². The summed E-state index contributed by atoms with van der Waals surface area (Å²) in [7, 11) is -4.00. The van der Waals surface area contributed by atoms with E-state index in [-0.39, 0.29) is 17.2 Å². The van der Waals surface area contributed by atoms with Gasteiger partial charge in [-0.25, -0.2) is 4.79 Å². The Balaban J connectivity index is 2.51. The fraction of sp³-hybridized carbons (Fsp3) is 0.176. The lowest BCUT2D eigenvalue weighted by atomic mass is 10.1. The van der Waals surface area contributed by atoms with Gasteiger partial charge in [-0.05, 0) is 26.0 Å². The minimum Gasteiger partial charge on any atom is -0.461 e. The highest BCUT2D eigenvalue weighted by atomic mass is 32.2. The van der Waals surface area contributed by atoms with E-state index >= 15 is 0 Å². The average Bonchev–Trinajstić information content (AvgIpc) is 2.54. The van der Waals surface area contributed by atoms with Crippen molar-refractivity contribution >= 4 is 21.7 Å². The zero-order chi connectivity index (χ0) is 16.9. The van der Waals surface area contributed by atoms with Crippen molar-refractivity contribution in [2.45, 2.75) is 18.7 Å². The largest absolute Gasteiger partial charge is 0.461 e. The van der Waals surface area contributed by atoms with E-state index in [9.17, 15) is 13.2 Å². The van der Waals surface area contributed by atoms with Crippen LogP contribution in [-0.2, 0) is 19.6 Å². The summed E-state index contributed by atoms with van der Waals surface area (Å²) in [5.74, 6) is -0.769. The molecule has 0 saturated heterocycles. The molecule has 0 spiro atoms. The third kappa shape index (κ3) is 4.26. The number of ether oxygens (including phenoxy) is 1. The lowest BCUT2D eigenvalue weighted by Crippen LogP contribution is -2.20. The summed E-state index contributed by atoms with van der Waals surface area (Å²) in [5, 5.41) is 0. The molecule has 0 saturated carbocycles. The number of carbonyl (C=O) groups excluding carboxylic acids is 1. The van der Waals surface area contributed by atoms with Gasteiger partial charge in [0.2, 0.25) is 0 Å². The summed E-state index contributed by atoms with van der Waals surface area (Å²) in [4.78, 5) is 12.1. The minimum atomic E-state index is -4.00. The molecule has 23 heavy (non-hydrogen) atoms. The molecule has 0 N–H and O–H groups in total. The van der Waals surface area contributed by atoms with Crippen LogP contribution >= 0.6 is 0 Å². The molecule has 2 aromatic carbocycles. The summed E-state index contributed by atoms with van der Waals surface area (Å²) >= 11 is 0. The average molecular weight is 331 g/mol. The predicted octanol–water partition coefficient (Wildman–Crippen LogP) is 2.74. The van der Waals surface area contributed by atoms with E-state index in [1.54, 1.807) is 49.4 Å². The maximum Gasteiger partial charge on any atom is 0.358 e. The van der Waals surface area contributed by atoms with Crippen molar-refractivity contribution in [3.05, 3.63) is 65.7 Å². The van der Waals surface area contributed by atoms with E-state index in [1.165, 1.54) is 12.1 Å². The van der Waals surface area contributed by atoms with Crippen LogP contribution in [0.3, 0.4) is 0 Å². The summed E-state index contributed by atoms with van der Waals surface area (Å²) in [6, 6.07) is 14.7. The van der Waals surface area contributed by atoms with Crippen LogP contribution in [0.15, 0.2) is 63.9 Å². The van der Waals surface area contributed by atoms with Crippen molar-refractivity contribution < 1.29 is 17.9 Å². The SMILES string of the molecule is CCOC(=O)/C(=N/S(=O)(=O)c1ccc(C)cc1)c1ccccc1. The van der Waals surface area contributed by atoms with Gasteiger partial charge in [-0.3, -0.25) is 0 Å². The summed E-state index contributed by atoms with van der Waals surface area (Å²) in [6.07, 6.45) is 0. The highest BCUT2D eigenvalue weighted by Crippen LogP contribution is 2.15. The van der Waals surface area contributed by atoms with E-state index in [1.807, 2.05) is 6.92 Å². The molecule has 5 nitrogen and oxygen atoms in total. The first-order chi connectivity index (χ1) is 10.9. The fourth-order valence-electron chi connectivity index (χ4n) is 1.89. The Morgan fingerprint density at radius 3 is 2.22 bits per heavy atom. The van der Waals surface area contributed by atoms with Gasteiger partial charge in [-0.1, -0.05) is 48.0 Å². The first-order valence-electron chi connectivity index (χ1n) is 7.08. The van der Waals surface area contributed by atoms with Gasteiger partial charge in [0.05, 0.1) is 11.5 Å². The van der Waals surface area contributed by atoms with Crippen LogP contribution < -0.4 is 0 Å². The number of sulfonamides is 1. The molecule has 2 aromatic rings. The standard InChI is InChI=1S/C17H17NO4S/c1-3-22-17(19)16(14-7-5-4-6-8-14)18-23(20,21)15-11-9-13(2)10-12-15/h4-12H,3H2,1-2H3/b18-16+. The van der Waals surface area contributed by atoms with E-state index < -0.39 is 16.0 Å². The second kappa shape index (κ2) is 7.19. The monoisotopic (exact) mass is 331 g/mol. The molecule has 0 atom stereocenters. The second-order valence-electron chi connectivity index (χ2n) is 4.81. The minimum absolute atomic E-state index is 0.0285. The molecule has 0 aliphatic carbocycles. The zero-order valence-electron chi connectivity index (χ0n) is 12.9. The van der Waals surface area contributed by atoms with Crippen molar-refractivity contribution in [2.75, 3.05) is 6.61 Å². The Morgan fingerprint density at radius 2 is 1.65 bits per heavy atom.